The Morgan fingerprint density at radius 2 is 1.89 bits per heavy atom. The van der Waals surface area contributed by atoms with E-state index in [-0.39, 0.29) is 17.8 Å². The largest absolute Gasteiger partial charge is 0.359 e. The molecule has 0 saturated carbocycles. The van der Waals surface area contributed by atoms with Crippen molar-refractivity contribution < 1.29 is 9.18 Å². The van der Waals surface area contributed by atoms with Crippen molar-refractivity contribution in [1.82, 2.24) is 10.6 Å². The smallest absolute Gasteiger partial charge is 0.226 e. The van der Waals surface area contributed by atoms with Crippen LogP contribution in [0.2, 0.25) is 0 Å². The van der Waals surface area contributed by atoms with Crippen molar-refractivity contribution in [3.8, 4) is 0 Å². The van der Waals surface area contributed by atoms with Gasteiger partial charge in [0.25, 0.3) is 0 Å². The summed E-state index contributed by atoms with van der Waals surface area (Å²) in [7, 11) is 1.64. The predicted molar refractivity (Wildman–Crippen MR) is 75.4 cm³/mol. The number of halogens is 1. The topological polar surface area (TPSA) is 41.1 Å². The van der Waals surface area contributed by atoms with Crippen LogP contribution in [0, 0.1) is 11.2 Å². The summed E-state index contributed by atoms with van der Waals surface area (Å²) in [6.07, 6.45) is 0.810. The van der Waals surface area contributed by atoms with Gasteiger partial charge < -0.3 is 10.6 Å². The van der Waals surface area contributed by atoms with Crippen molar-refractivity contribution in [2.75, 3.05) is 13.6 Å². The third-order valence-corrected chi connectivity index (χ3v) is 3.19. The molecule has 1 aromatic rings. The Morgan fingerprint density at radius 1 is 1.32 bits per heavy atom. The first-order chi connectivity index (χ1) is 8.85. The van der Waals surface area contributed by atoms with Crippen molar-refractivity contribution in [3.63, 3.8) is 0 Å². The van der Waals surface area contributed by atoms with E-state index in [1.54, 1.807) is 19.2 Å². The molecule has 19 heavy (non-hydrogen) atoms. The summed E-state index contributed by atoms with van der Waals surface area (Å²) < 4.78 is 12.8. The van der Waals surface area contributed by atoms with Crippen LogP contribution in [0.4, 0.5) is 4.39 Å². The number of hydrogen-bond acceptors (Lipinski definition) is 2. The Balaban J connectivity index is 2.45. The molecule has 0 aliphatic carbocycles. The Labute approximate surface area is 114 Å². The molecule has 4 heteroatoms. The maximum absolute atomic E-state index is 12.8. The van der Waals surface area contributed by atoms with Crippen LogP contribution in [-0.2, 0) is 11.2 Å². The molecule has 3 nitrogen and oxygen atoms in total. The Morgan fingerprint density at radius 3 is 2.42 bits per heavy atom. The number of nitrogens with one attached hydrogen (secondary N) is 2. The summed E-state index contributed by atoms with van der Waals surface area (Å²) in [6.45, 7) is 6.48. The number of rotatable bonds is 6. The predicted octanol–water partition coefficient (Wildman–Crippen LogP) is 2.12. The zero-order valence-electron chi connectivity index (χ0n) is 12.1. The van der Waals surface area contributed by atoms with Gasteiger partial charge in [-0.25, -0.2) is 4.39 Å². The molecule has 0 fully saturated rings. The first-order valence-electron chi connectivity index (χ1n) is 6.55. The average molecular weight is 266 g/mol. The fraction of sp³-hybridized carbons (Fsp3) is 0.533. The summed E-state index contributed by atoms with van der Waals surface area (Å²) in [4.78, 5) is 11.6. The Bertz CT molecular complexity index is 415. The van der Waals surface area contributed by atoms with Gasteiger partial charge in [-0.3, -0.25) is 4.79 Å². The van der Waals surface area contributed by atoms with Gasteiger partial charge in [-0.05, 0) is 44.9 Å². The lowest BCUT2D eigenvalue weighted by atomic mass is 9.91. The molecule has 1 unspecified atom stereocenters. The zero-order valence-corrected chi connectivity index (χ0v) is 12.1. The monoisotopic (exact) mass is 266 g/mol. The highest BCUT2D eigenvalue weighted by Gasteiger charge is 2.26. The number of hydrogen-bond donors (Lipinski definition) is 2. The molecule has 106 valence electrons. The van der Waals surface area contributed by atoms with Gasteiger partial charge in [0.1, 0.15) is 5.82 Å². The quantitative estimate of drug-likeness (QED) is 0.828. The highest BCUT2D eigenvalue weighted by atomic mass is 19.1. The number of carbonyl (C=O) groups excluding carboxylic acids is 1. The van der Waals surface area contributed by atoms with Crippen LogP contribution in [0.25, 0.3) is 0 Å². The molecule has 2 N–H and O–H groups in total. The molecule has 0 bridgehead atoms. The second kappa shape index (κ2) is 6.66. The summed E-state index contributed by atoms with van der Waals surface area (Å²) in [5.41, 5.74) is 0.644. The lowest BCUT2D eigenvalue weighted by Gasteiger charge is -2.25. The molecule has 0 radical (unpaired) electrons. The molecule has 0 aliphatic heterocycles. The summed E-state index contributed by atoms with van der Waals surface area (Å²) in [6, 6.07) is 6.75. The molecule has 1 amide bonds. The molecule has 0 heterocycles. The third kappa shape index (κ3) is 4.99. The maximum atomic E-state index is 12.8. The third-order valence-electron chi connectivity index (χ3n) is 3.19. The van der Waals surface area contributed by atoms with E-state index in [0.29, 0.717) is 6.54 Å². The number of carbonyl (C=O) groups is 1. The van der Waals surface area contributed by atoms with Crippen LogP contribution in [0.15, 0.2) is 24.3 Å². The Kier molecular flexibility index (Phi) is 5.48. The minimum Gasteiger partial charge on any atom is -0.359 e. The van der Waals surface area contributed by atoms with E-state index in [1.807, 2.05) is 13.8 Å². The van der Waals surface area contributed by atoms with Crippen LogP contribution in [0.5, 0.6) is 0 Å². The standard InChI is InChI=1S/C15H23FN2O/c1-11(9-12-5-7-13(16)8-6-12)18-10-15(2,3)14(19)17-4/h5-8,11,18H,9-10H2,1-4H3,(H,17,19). The molecule has 0 spiro atoms. The molecule has 1 rings (SSSR count). The van der Waals surface area contributed by atoms with E-state index >= 15 is 0 Å². The van der Waals surface area contributed by atoms with E-state index < -0.39 is 5.41 Å². The first-order valence-corrected chi connectivity index (χ1v) is 6.55. The van der Waals surface area contributed by atoms with E-state index in [0.717, 1.165) is 12.0 Å². The van der Waals surface area contributed by atoms with Crippen LogP contribution in [0.1, 0.15) is 26.3 Å². The fourth-order valence-corrected chi connectivity index (χ4v) is 1.89. The summed E-state index contributed by atoms with van der Waals surface area (Å²) >= 11 is 0. The van der Waals surface area contributed by atoms with Gasteiger partial charge in [0.2, 0.25) is 5.91 Å². The van der Waals surface area contributed by atoms with Crippen LogP contribution in [-0.4, -0.2) is 25.5 Å². The van der Waals surface area contributed by atoms with Crippen molar-refractivity contribution in [1.29, 1.82) is 0 Å². The maximum Gasteiger partial charge on any atom is 0.226 e. The van der Waals surface area contributed by atoms with Crippen molar-refractivity contribution >= 4 is 5.91 Å². The van der Waals surface area contributed by atoms with E-state index in [9.17, 15) is 9.18 Å². The van der Waals surface area contributed by atoms with Gasteiger partial charge in [0.15, 0.2) is 0 Å². The summed E-state index contributed by atoms with van der Waals surface area (Å²) in [5.74, 6) is -0.195. The van der Waals surface area contributed by atoms with E-state index in [2.05, 4.69) is 17.6 Å². The molecule has 1 aromatic carbocycles. The molecule has 1 atom stereocenters. The second-order valence-electron chi connectivity index (χ2n) is 5.58. The van der Waals surface area contributed by atoms with Gasteiger partial charge in [0, 0.05) is 19.6 Å². The lowest BCUT2D eigenvalue weighted by Crippen LogP contribution is -2.44. The van der Waals surface area contributed by atoms with Crippen molar-refractivity contribution in [2.24, 2.45) is 5.41 Å². The SMILES string of the molecule is CNC(=O)C(C)(C)CNC(C)Cc1ccc(F)cc1. The normalized spacial score (nSPS) is 13.1. The average Bonchev–Trinajstić information content (AvgIpc) is 2.38. The minimum absolute atomic E-state index is 0.0222. The van der Waals surface area contributed by atoms with Gasteiger partial charge in [-0.2, -0.15) is 0 Å². The van der Waals surface area contributed by atoms with Crippen molar-refractivity contribution in [3.05, 3.63) is 35.6 Å². The van der Waals surface area contributed by atoms with Crippen LogP contribution >= 0.6 is 0 Å². The molecular formula is C15H23FN2O. The Hall–Kier alpha value is -1.42. The van der Waals surface area contributed by atoms with Crippen LogP contribution < -0.4 is 10.6 Å². The number of amides is 1. The van der Waals surface area contributed by atoms with Gasteiger partial charge >= 0.3 is 0 Å². The first kappa shape index (κ1) is 15.6. The van der Waals surface area contributed by atoms with E-state index in [1.165, 1.54) is 12.1 Å². The fourth-order valence-electron chi connectivity index (χ4n) is 1.89. The van der Waals surface area contributed by atoms with Gasteiger partial charge in [-0.15, -0.1) is 0 Å². The lowest BCUT2D eigenvalue weighted by molar-refractivity contribution is -0.128. The van der Waals surface area contributed by atoms with Gasteiger partial charge in [0.05, 0.1) is 5.41 Å². The van der Waals surface area contributed by atoms with Crippen molar-refractivity contribution in [2.45, 2.75) is 33.2 Å². The van der Waals surface area contributed by atoms with Gasteiger partial charge in [-0.1, -0.05) is 12.1 Å². The zero-order chi connectivity index (χ0) is 14.5. The molecule has 0 aliphatic rings. The highest BCUT2D eigenvalue weighted by molar-refractivity contribution is 5.81. The van der Waals surface area contributed by atoms with E-state index in [4.69, 9.17) is 0 Å². The summed E-state index contributed by atoms with van der Waals surface area (Å²) in [5, 5.41) is 6.01. The minimum atomic E-state index is -0.439. The highest BCUT2D eigenvalue weighted by Crippen LogP contribution is 2.14. The van der Waals surface area contributed by atoms with Crippen LogP contribution in [0.3, 0.4) is 0 Å². The second-order valence-corrected chi connectivity index (χ2v) is 5.58. The molecule has 0 aromatic heterocycles. The molecule has 0 saturated heterocycles. The number of benzene rings is 1. The molecular weight excluding hydrogens is 243 g/mol.